The molecule has 139 heavy (non-hydrogen) atoms. The third-order valence-electron chi connectivity index (χ3n) is 25.9. The molecular formula is C125H84IrN11O2-. The molecule has 0 N–H and O–H groups in total. The van der Waals surface area contributed by atoms with Crippen LogP contribution in [-0.4, -0.2) is 53.4 Å². The first-order valence-corrected chi connectivity index (χ1v) is 46.1. The Balaban J connectivity index is 0.000000109. The molecule has 0 amide bonds. The molecule has 0 bridgehead atoms. The van der Waals surface area contributed by atoms with Crippen LogP contribution in [-0.2, 0) is 27.2 Å². The van der Waals surface area contributed by atoms with Crippen molar-refractivity contribution in [3.05, 3.63) is 486 Å². The van der Waals surface area contributed by atoms with Crippen LogP contribution < -0.4 is 0 Å². The molecule has 0 aliphatic rings. The molecule has 11 heterocycles. The molecule has 16 aromatic carbocycles. The summed E-state index contributed by atoms with van der Waals surface area (Å²) in [5.41, 5.74) is 37.5. The number of furan rings is 2. The average Bonchev–Trinajstić information content (AvgIpc) is 1.56. The maximum absolute atomic E-state index is 6.08. The van der Waals surface area contributed by atoms with Crippen molar-refractivity contribution < 1.29 is 28.9 Å². The summed E-state index contributed by atoms with van der Waals surface area (Å²) in [7, 11) is 1.89. The van der Waals surface area contributed by atoms with E-state index in [0.717, 1.165) is 151 Å². The van der Waals surface area contributed by atoms with Crippen molar-refractivity contribution in [3.8, 4) is 129 Å². The van der Waals surface area contributed by atoms with Gasteiger partial charge < -0.3 is 22.5 Å². The first kappa shape index (κ1) is 85.3. The summed E-state index contributed by atoms with van der Waals surface area (Å²) in [5, 5.41) is 13.7. The number of rotatable bonds is 13. The Morgan fingerprint density at radius 3 is 1.00 bits per heavy atom. The van der Waals surface area contributed by atoms with Gasteiger partial charge in [-0.05, 0) is 278 Å². The number of para-hydroxylation sites is 5. The molecule has 27 aromatic rings. The number of aryl methyl sites for hydroxylation is 2. The van der Waals surface area contributed by atoms with Crippen LogP contribution >= 0.6 is 0 Å². The maximum Gasteiger partial charge on any atom is 0.153 e. The summed E-state index contributed by atoms with van der Waals surface area (Å²) in [6.45, 7) is 1.88. The van der Waals surface area contributed by atoms with E-state index in [4.69, 9.17) is 8.83 Å². The molecule has 1 radical (unpaired) electrons. The van der Waals surface area contributed by atoms with Gasteiger partial charge in [-0.2, -0.15) is 5.10 Å². The minimum Gasteiger partial charge on any atom is -0.454 e. The number of hydrogen-bond donors (Lipinski definition) is 0. The van der Waals surface area contributed by atoms with Gasteiger partial charge in [0.15, 0.2) is 11.2 Å². The van der Waals surface area contributed by atoms with E-state index in [9.17, 15) is 0 Å². The Kier molecular flexibility index (Phi) is 22.8. The van der Waals surface area contributed by atoms with Crippen molar-refractivity contribution in [3.63, 3.8) is 0 Å². The van der Waals surface area contributed by atoms with Crippen molar-refractivity contribution >= 4 is 110 Å². The molecule has 0 spiro atoms. The van der Waals surface area contributed by atoms with E-state index in [1.54, 1.807) is 4.68 Å². The second-order valence-corrected chi connectivity index (χ2v) is 34.5. The van der Waals surface area contributed by atoms with Gasteiger partial charge in [0.2, 0.25) is 0 Å². The van der Waals surface area contributed by atoms with E-state index in [0.29, 0.717) is 0 Å². The van der Waals surface area contributed by atoms with Gasteiger partial charge in [-0.1, -0.05) is 212 Å². The summed E-state index contributed by atoms with van der Waals surface area (Å²) >= 11 is 0. The molecule has 27 rings (SSSR count). The van der Waals surface area contributed by atoms with Crippen LogP contribution in [0.5, 0.6) is 0 Å². The van der Waals surface area contributed by atoms with Gasteiger partial charge in [0.1, 0.15) is 28.0 Å². The van der Waals surface area contributed by atoms with Crippen molar-refractivity contribution in [1.82, 2.24) is 53.4 Å². The van der Waals surface area contributed by atoms with Crippen LogP contribution in [0.3, 0.4) is 0 Å². The Morgan fingerprint density at radius 2 is 0.568 bits per heavy atom. The molecule has 0 unspecified atom stereocenters. The van der Waals surface area contributed by atoms with Crippen LogP contribution in [0.25, 0.3) is 238 Å². The minimum absolute atomic E-state index is 0. The van der Waals surface area contributed by atoms with Crippen LogP contribution in [0, 0.1) is 13.0 Å². The van der Waals surface area contributed by atoms with Crippen LogP contribution in [0.1, 0.15) is 5.82 Å². The first-order valence-electron chi connectivity index (χ1n) is 46.1. The minimum atomic E-state index is 0. The van der Waals surface area contributed by atoms with E-state index in [1.165, 1.54) is 93.4 Å². The second kappa shape index (κ2) is 37.1. The fraction of sp³-hybridized carbons (Fsp3) is 0.0160. The molecule has 13 nitrogen and oxygen atoms in total. The molecule has 11 aromatic heterocycles. The first-order chi connectivity index (χ1) is 68.2. The third kappa shape index (κ3) is 16.5. The van der Waals surface area contributed by atoms with E-state index in [1.807, 2.05) is 136 Å². The number of pyridine rings is 5. The molecule has 0 saturated carbocycles. The van der Waals surface area contributed by atoms with E-state index >= 15 is 0 Å². The molecule has 0 saturated heterocycles. The van der Waals surface area contributed by atoms with Gasteiger partial charge in [-0.3, -0.25) is 34.6 Å². The Bertz CT molecular complexity index is 8970. The van der Waals surface area contributed by atoms with Gasteiger partial charge >= 0.3 is 0 Å². The smallest absolute Gasteiger partial charge is 0.153 e. The van der Waals surface area contributed by atoms with E-state index in [-0.39, 0.29) is 20.1 Å². The molecule has 0 atom stereocenters. The van der Waals surface area contributed by atoms with Gasteiger partial charge in [-0.25, -0.2) is 0 Å². The Labute approximate surface area is 814 Å². The molecule has 0 aliphatic heterocycles. The summed E-state index contributed by atoms with van der Waals surface area (Å²) in [4.78, 5) is 26.5. The zero-order chi connectivity index (χ0) is 91.9. The number of nitrogens with zero attached hydrogens (tertiary/aromatic N) is 11. The SMILES string of the molecule is Cc1nc(-c2[c-]cccc2)n(C)n1.[Ir].c1cc(-c2cccc(-n3c4ccccc4c4ccccc43)c2)cc(-c2ccc3oc4cccnc4c3c2)c1.c1ccc(-n2c3ccccc3c3cc(-c4ccc5c(c4)c4ccccc4n5-c4ccc5oc6cccnc6c5c4)ccc32)cc1.c1cncc(-c2cccc(-c3cc(-c4cccc(-c5cccnc5)c4)cc(-c4cccc(-c5cccnc5)c4)c3)c2)c1. The van der Waals surface area contributed by atoms with Crippen LogP contribution in [0.15, 0.2) is 483 Å². The predicted molar refractivity (Wildman–Crippen MR) is 565 cm³/mol. The van der Waals surface area contributed by atoms with E-state index < -0.39 is 0 Å². The van der Waals surface area contributed by atoms with Crippen molar-refractivity contribution in [1.29, 1.82) is 0 Å². The summed E-state index contributed by atoms with van der Waals surface area (Å²) in [6.07, 6.45) is 14.8. The quantitative estimate of drug-likeness (QED) is 0.103. The van der Waals surface area contributed by atoms with Gasteiger partial charge in [-0.15, -0.1) is 35.9 Å². The standard InChI is InChI=1S/C41H25N3O.C39H27N3.C35H22N2O.C10H10N3.Ir/c1-2-9-28(10-3-1)43-35-13-6-4-11-30(35)32-23-26(16-19-37(32)43)27-17-20-38-33(24-27)31-12-5-7-14-36(31)44(38)29-18-21-39-34(25-29)41-40(45-39)15-8-22-42-41;1-7-28(34-13-4-16-40-25-34)19-31(10-1)37-22-38(32-11-2-8-29(20-32)35-14-5-17-41-26-35)24-39(23-37)33-12-3-9-30(21-33)36-15-6-18-42-27-36;1-3-14-31-28(12-1)29-13-2-4-15-32(29)37(31)27-11-6-10-25(21-27)23-8-5-9-24(20-23)26-17-18-33-30(22-26)35-34(38-33)16-7-19-36-35;1-8-11-10(13(2)12-8)9-6-4-3-5-7-9;/h1-25H;1-27H;1-22H;3-6H,1-2H3;/q;;;-1;. The summed E-state index contributed by atoms with van der Waals surface area (Å²) in [6, 6.07) is 153. The molecule has 14 heteroatoms. The average molecular weight is 1960 g/mol. The predicted octanol–water partition coefficient (Wildman–Crippen LogP) is 31.7. The molecule has 661 valence electrons. The van der Waals surface area contributed by atoms with Gasteiger partial charge in [0.05, 0.1) is 38.9 Å². The molecule has 0 aliphatic carbocycles. The fourth-order valence-corrected chi connectivity index (χ4v) is 19.5. The summed E-state index contributed by atoms with van der Waals surface area (Å²) in [5.74, 6) is 1.65. The van der Waals surface area contributed by atoms with Crippen molar-refractivity contribution in [2.45, 2.75) is 6.92 Å². The maximum atomic E-state index is 6.08. The normalized spacial score (nSPS) is 11.3. The largest absolute Gasteiger partial charge is 0.454 e. The van der Waals surface area contributed by atoms with E-state index in [2.05, 4.69) is 407 Å². The van der Waals surface area contributed by atoms with Gasteiger partial charge in [0.25, 0.3) is 0 Å². The topological polar surface area (TPSA) is 136 Å². The van der Waals surface area contributed by atoms with Crippen LogP contribution in [0.4, 0.5) is 0 Å². The fourth-order valence-electron chi connectivity index (χ4n) is 19.5. The number of hydrogen-bond acceptors (Lipinski definition) is 9. The monoisotopic (exact) mass is 1960 g/mol. The second-order valence-electron chi connectivity index (χ2n) is 34.5. The van der Waals surface area contributed by atoms with Crippen LogP contribution in [0.2, 0.25) is 0 Å². The summed E-state index contributed by atoms with van der Waals surface area (Å²) < 4.78 is 20.9. The zero-order valence-corrected chi connectivity index (χ0v) is 78.0. The molecular weight excluding hydrogens is 1880 g/mol. The Morgan fingerprint density at radius 1 is 0.237 bits per heavy atom. The van der Waals surface area contributed by atoms with Gasteiger partial charge in [0, 0.05) is 154 Å². The van der Waals surface area contributed by atoms with Crippen molar-refractivity contribution in [2.24, 2.45) is 7.05 Å². The number of aromatic nitrogens is 11. The Hall–Kier alpha value is -17.9. The third-order valence-corrected chi connectivity index (χ3v) is 25.9. The van der Waals surface area contributed by atoms with Crippen molar-refractivity contribution in [2.75, 3.05) is 0 Å². The number of fused-ring (bicyclic) bond motifs is 15. The molecule has 0 fully saturated rings. The number of benzene rings is 16. The zero-order valence-electron chi connectivity index (χ0n) is 75.6.